The summed E-state index contributed by atoms with van der Waals surface area (Å²) < 4.78 is 0. The Balaban J connectivity index is 3.95. The Morgan fingerprint density at radius 2 is 2.00 bits per heavy atom. The van der Waals surface area contributed by atoms with Crippen LogP contribution in [-0.2, 0) is 0 Å². The lowest BCUT2D eigenvalue weighted by Gasteiger charge is -2.05. The van der Waals surface area contributed by atoms with Crippen LogP contribution in [0.4, 0.5) is 0 Å². The van der Waals surface area contributed by atoms with Gasteiger partial charge in [-0.1, -0.05) is 50.5 Å². The molecule has 1 nitrogen and oxygen atoms in total. The summed E-state index contributed by atoms with van der Waals surface area (Å²) in [7, 11) is 0. The number of hydrogen-bond acceptors (Lipinski definition) is 1. The third-order valence-electron chi connectivity index (χ3n) is 2.43. The van der Waals surface area contributed by atoms with Gasteiger partial charge in [-0.3, -0.25) is 0 Å². The molecule has 0 amide bonds. The molecule has 16 heavy (non-hydrogen) atoms. The van der Waals surface area contributed by atoms with E-state index in [2.05, 4.69) is 51.8 Å². The van der Waals surface area contributed by atoms with E-state index in [4.69, 9.17) is 5.73 Å². The number of rotatable bonds is 5. The summed E-state index contributed by atoms with van der Waals surface area (Å²) in [5.74, 6) is 6.95. The standard InChI is InChI=1S/C15H23N/c1-12(2)14(4)10-8-6-7-9-13(3)11-15(5)16/h6,8,13-14H,1,5,10-11,16H2,2-4H3/b8-6+. The van der Waals surface area contributed by atoms with E-state index in [9.17, 15) is 0 Å². The summed E-state index contributed by atoms with van der Waals surface area (Å²) in [6, 6.07) is 0. The van der Waals surface area contributed by atoms with Crippen LogP contribution in [0.25, 0.3) is 0 Å². The smallest absolute Gasteiger partial charge is 0.0232 e. The average molecular weight is 217 g/mol. The summed E-state index contributed by atoms with van der Waals surface area (Å²) in [5, 5.41) is 0. The Kier molecular flexibility index (Phi) is 7.12. The molecule has 0 heterocycles. The minimum absolute atomic E-state index is 0.278. The monoisotopic (exact) mass is 217 g/mol. The lowest BCUT2D eigenvalue weighted by atomic mass is 10.0. The largest absolute Gasteiger partial charge is 0.402 e. The minimum Gasteiger partial charge on any atom is -0.402 e. The molecule has 88 valence electrons. The lowest BCUT2D eigenvalue weighted by molar-refractivity contribution is 0.698. The molecule has 0 saturated heterocycles. The number of allylic oxidation sites excluding steroid dienone is 4. The fraction of sp³-hybridized carbons (Fsp3) is 0.467. The molecular formula is C15H23N. The highest BCUT2D eigenvalue weighted by molar-refractivity contribution is 5.18. The molecule has 1 heteroatoms. The summed E-state index contributed by atoms with van der Waals surface area (Å²) in [5.41, 5.74) is 7.42. The van der Waals surface area contributed by atoms with Gasteiger partial charge in [-0.05, 0) is 31.8 Å². The summed E-state index contributed by atoms with van der Waals surface area (Å²) in [4.78, 5) is 0. The quantitative estimate of drug-likeness (QED) is 0.552. The highest BCUT2D eigenvalue weighted by atomic mass is 14.6. The maximum atomic E-state index is 5.51. The third-order valence-corrected chi connectivity index (χ3v) is 2.43. The molecule has 0 aromatic heterocycles. The van der Waals surface area contributed by atoms with Crippen LogP contribution in [0.5, 0.6) is 0 Å². The van der Waals surface area contributed by atoms with Gasteiger partial charge in [-0.25, -0.2) is 0 Å². The molecule has 2 N–H and O–H groups in total. The van der Waals surface area contributed by atoms with Crippen molar-refractivity contribution in [3.63, 3.8) is 0 Å². The Morgan fingerprint density at radius 3 is 2.50 bits per heavy atom. The highest BCUT2D eigenvalue weighted by Gasteiger charge is 1.98. The van der Waals surface area contributed by atoms with Crippen molar-refractivity contribution in [2.75, 3.05) is 0 Å². The van der Waals surface area contributed by atoms with Crippen molar-refractivity contribution >= 4 is 0 Å². The van der Waals surface area contributed by atoms with Gasteiger partial charge >= 0.3 is 0 Å². The van der Waals surface area contributed by atoms with Crippen molar-refractivity contribution < 1.29 is 0 Å². The molecule has 0 aliphatic heterocycles. The zero-order valence-electron chi connectivity index (χ0n) is 10.7. The van der Waals surface area contributed by atoms with E-state index in [0.717, 1.165) is 12.8 Å². The second-order valence-corrected chi connectivity index (χ2v) is 4.44. The SMILES string of the molecule is C=C(N)CC(C)C#C/C=C/CC(C)C(=C)C. The maximum absolute atomic E-state index is 5.51. The molecule has 0 rings (SSSR count). The van der Waals surface area contributed by atoms with E-state index < -0.39 is 0 Å². The van der Waals surface area contributed by atoms with Gasteiger partial charge in [-0.2, -0.15) is 0 Å². The normalized spacial score (nSPS) is 13.9. The van der Waals surface area contributed by atoms with E-state index >= 15 is 0 Å². The van der Waals surface area contributed by atoms with Crippen LogP contribution in [0.3, 0.4) is 0 Å². The van der Waals surface area contributed by atoms with Crippen LogP contribution in [0, 0.1) is 23.7 Å². The number of nitrogens with two attached hydrogens (primary N) is 1. The molecule has 0 radical (unpaired) electrons. The first-order valence-electron chi connectivity index (χ1n) is 5.68. The average Bonchev–Trinajstić information content (AvgIpc) is 2.15. The topological polar surface area (TPSA) is 26.0 Å². The Bertz CT molecular complexity index is 325. The molecule has 2 unspecified atom stereocenters. The van der Waals surface area contributed by atoms with Gasteiger partial charge in [-0.15, -0.1) is 0 Å². The minimum atomic E-state index is 0.278. The van der Waals surface area contributed by atoms with Crippen LogP contribution in [0.1, 0.15) is 33.6 Å². The van der Waals surface area contributed by atoms with Gasteiger partial charge in [0, 0.05) is 11.6 Å². The number of hydrogen-bond donors (Lipinski definition) is 1. The molecule has 2 atom stereocenters. The van der Waals surface area contributed by atoms with Crippen molar-refractivity contribution in [3.05, 3.63) is 36.6 Å². The molecular weight excluding hydrogens is 194 g/mol. The Hall–Kier alpha value is -1.42. The lowest BCUT2D eigenvalue weighted by Crippen LogP contribution is -2.00. The zero-order valence-corrected chi connectivity index (χ0v) is 10.7. The van der Waals surface area contributed by atoms with Crippen LogP contribution >= 0.6 is 0 Å². The van der Waals surface area contributed by atoms with Crippen LogP contribution in [-0.4, -0.2) is 0 Å². The predicted octanol–water partition coefficient (Wildman–Crippen LogP) is 3.65. The zero-order chi connectivity index (χ0) is 12.6. The summed E-state index contributed by atoms with van der Waals surface area (Å²) in [6.45, 7) is 13.9. The van der Waals surface area contributed by atoms with Crippen LogP contribution < -0.4 is 5.73 Å². The highest BCUT2D eigenvalue weighted by Crippen LogP contribution is 2.11. The van der Waals surface area contributed by atoms with Gasteiger partial charge in [0.15, 0.2) is 0 Å². The molecule has 0 aromatic carbocycles. The van der Waals surface area contributed by atoms with Gasteiger partial charge in [0.05, 0.1) is 0 Å². The maximum Gasteiger partial charge on any atom is 0.0232 e. The predicted molar refractivity (Wildman–Crippen MR) is 72.6 cm³/mol. The second kappa shape index (κ2) is 7.82. The summed E-state index contributed by atoms with van der Waals surface area (Å²) >= 11 is 0. The van der Waals surface area contributed by atoms with Gasteiger partial charge in [0.25, 0.3) is 0 Å². The van der Waals surface area contributed by atoms with Crippen LogP contribution in [0.2, 0.25) is 0 Å². The second-order valence-electron chi connectivity index (χ2n) is 4.44. The third kappa shape index (κ3) is 7.94. The van der Waals surface area contributed by atoms with Gasteiger partial charge in [0.1, 0.15) is 0 Å². The van der Waals surface area contributed by atoms with E-state index in [1.54, 1.807) is 0 Å². The molecule has 0 bridgehead atoms. The van der Waals surface area contributed by atoms with Crippen molar-refractivity contribution in [1.82, 2.24) is 0 Å². The fourth-order valence-electron chi connectivity index (χ4n) is 1.17. The van der Waals surface area contributed by atoms with Crippen molar-refractivity contribution in [2.24, 2.45) is 17.6 Å². The van der Waals surface area contributed by atoms with Crippen molar-refractivity contribution in [3.8, 4) is 11.8 Å². The van der Waals surface area contributed by atoms with Crippen LogP contribution in [0.15, 0.2) is 36.6 Å². The molecule has 0 saturated carbocycles. The first kappa shape index (κ1) is 14.6. The van der Waals surface area contributed by atoms with E-state index in [-0.39, 0.29) is 5.92 Å². The first-order chi connectivity index (χ1) is 7.43. The molecule has 0 aliphatic carbocycles. The van der Waals surface area contributed by atoms with E-state index in [1.807, 2.05) is 6.08 Å². The molecule has 0 aromatic rings. The summed E-state index contributed by atoms with van der Waals surface area (Å²) in [6.07, 6.45) is 5.77. The van der Waals surface area contributed by atoms with E-state index in [0.29, 0.717) is 11.6 Å². The fourth-order valence-corrected chi connectivity index (χ4v) is 1.17. The van der Waals surface area contributed by atoms with Crippen molar-refractivity contribution in [1.29, 1.82) is 0 Å². The molecule has 0 fully saturated rings. The molecule has 0 aliphatic rings. The van der Waals surface area contributed by atoms with Crippen molar-refractivity contribution in [2.45, 2.75) is 33.6 Å². The Labute approximate surface area is 100 Å². The van der Waals surface area contributed by atoms with Gasteiger partial charge < -0.3 is 5.73 Å². The molecule has 0 spiro atoms. The Morgan fingerprint density at radius 1 is 1.38 bits per heavy atom. The van der Waals surface area contributed by atoms with Gasteiger partial charge in [0.2, 0.25) is 0 Å². The first-order valence-corrected chi connectivity index (χ1v) is 5.68. The van der Waals surface area contributed by atoms with E-state index in [1.165, 1.54) is 5.57 Å².